The van der Waals surface area contributed by atoms with Gasteiger partial charge in [0.1, 0.15) is 19.3 Å². The molecule has 0 spiro atoms. The van der Waals surface area contributed by atoms with Crippen molar-refractivity contribution in [3.63, 3.8) is 0 Å². The van der Waals surface area contributed by atoms with Crippen LogP contribution in [0, 0.1) is 11.8 Å². The number of aliphatic hydroxyl groups excluding tert-OH is 1. The van der Waals surface area contributed by atoms with Crippen LogP contribution >= 0.6 is 15.6 Å². The summed E-state index contributed by atoms with van der Waals surface area (Å²) in [6.07, 6.45) is 63.7. The summed E-state index contributed by atoms with van der Waals surface area (Å²) in [7, 11) is -9.92. The zero-order valence-electron chi connectivity index (χ0n) is 66.2. The SMILES string of the molecule is CCCCCCCCCCCCCCCCCCC(=O)OC[C@H](COP(=O)(O)OC[C@@H](O)COP(=O)(O)OC[C@@H](COC(=O)CCCCCCCCCCC)OC(=O)CCCCCCCCCCCCC(C)CC)OC(=O)CCCCCCCCCCCCCCCCCCCCC(C)CC. The van der Waals surface area contributed by atoms with E-state index < -0.39 is 97.5 Å². The maximum absolute atomic E-state index is 13.1. The number of hydrogen-bond donors (Lipinski definition) is 3. The Balaban J connectivity index is 5.20. The van der Waals surface area contributed by atoms with Gasteiger partial charge in [-0.25, -0.2) is 9.13 Å². The Morgan fingerprint density at radius 1 is 0.277 bits per heavy atom. The average Bonchev–Trinajstić information content (AvgIpc) is 1.11. The largest absolute Gasteiger partial charge is 0.472 e. The molecule has 0 aliphatic heterocycles. The molecule has 0 rings (SSSR count). The van der Waals surface area contributed by atoms with Gasteiger partial charge in [0.25, 0.3) is 0 Å². The van der Waals surface area contributed by atoms with Gasteiger partial charge in [0.2, 0.25) is 0 Å². The minimum absolute atomic E-state index is 0.107. The lowest BCUT2D eigenvalue weighted by atomic mass is 9.99. The molecule has 0 aromatic heterocycles. The molecule has 19 heteroatoms. The highest BCUT2D eigenvalue weighted by atomic mass is 31.2. The number of aliphatic hydroxyl groups is 1. The number of carbonyl (C=O) groups is 4. The molecular weight excluding hydrogens is 1320 g/mol. The van der Waals surface area contributed by atoms with Crippen molar-refractivity contribution in [2.45, 2.75) is 452 Å². The van der Waals surface area contributed by atoms with E-state index in [1.807, 2.05) is 0 Å². The van der Waals surface area contributed by atoms with Gasteiger partial charge in [-0.3, -0.25) is 37.3 Å². The van der Waals surface area contributed by atoms with E-state index in [4.69, 9.17) is 37.0 Å². The molecule has 3 N–H and O–H groups in total. The summed E-state index contributed by atoms with van der Waals surface area (Å²) in [6, 6.07) is 0. The van der Waals surface area contributed by atoms with E-state index in [0.29, 0.717) is 25.7 Å². The van der Waals surface area contributed by atoms with Gasteiger partial charge in [-0.15, -0.1) is 0 Å². The third-order valence-electron chi connectivity index (χ3n) is 19.9. The van der Waals surface area contributed by atoms with Crippen LogP contribution in [-0.4, -0.2) is 96.7 Å². The number of unbranched alkanes of at least 4 members (excludes halogenated alkanes) is 49. The Bertz CT molecular complexity index is 1950. The lowest BCUT2D eigenvalue weighted by molar-refractivity contribution is -0.161. The van der Waals surface area contributed by atoms with Crippen molar-refractivity contribution in [2.75, 3.05) is 39.6 Å². The average molecular weight is 1480 g/mol. The molecule has 0 saturated carbocycles. The summed E-state index contributed by atoms with van der Waals surface area (Å²) in [6.45, 7) is 9.72. The predicted molar refractivity (Wildman–Crippen MR) is 414 cm³/mol. The standard InChI is InChI=1S/C82H160O17P2/c1-7-11-13-15-17-19-20-21-22-28-31-34-41-47-53-59-65-80(85)93-71-78(98-81(86)66-60-54-48-42-35-32-29-26-24-23-25-27-30-33-39-44-50-56-62-74(5)9-3)73-97-101(90,91)95-69-76(83)68-94-100(88,89)96-72-77(70-92-79(84)64-58-52-46-38-18-16-14-12-8-2)99-82(87)67-61-55-49-43-37-36-40-45-51-57-63-75(6)10-4/h74-78,83H,7-73H2,1-6H3,(H,88,89)(H,90,91)/t74?,75?,76-,77+,78+/m0/s1. The minimum atomic E-state index is -4.96. The zero-order chi connectivity index (χ0) is 74.2. The van der Waals surface area contributed by atoms with Crippen molar-refractivity contribution >= 4 is 39.5 Å². The summed E-state index contributed by atoms with van der Waals surface area (Å²) in [5.74, 6) is -0.434. The fourth-order valence-corrected chi connectivity index (χ4v) is 14.2. The quantitative estimate of drug-likeness (QED) is 0.0222. The summed E-state index contributed by atoms with van der Waals surface area (Å²) >= 11 is 0. The molecule has 17 nitrogen and oxygen atoms in total. The first-order valence-electron chi connectivity index (χ1n) is 42.6. The molecule has 0 radical (unpaired) electrons. The van der Waals surface area contributed by atoms with Gasteiger partial charge in [-0.1, -0.05) is 382 Å². The molecule has 0 saturated heterocycles. The summed E-state index contributed by atoms with van der Waals surface area (Å²) in [5, 5.41) is 10.6. The normalized spacial score (nSPS) is 14.4. The van der Waals surface area contributed by atoms with E-state index in [1.54, 1.807) is 0 Å². The highest BCUT2D eigenvalue weighted by molar-refractivity contribution is 7.47. The van der Waals surface area contributed by atoms with E-state index in [2.05, 4.69) is 41.5 Å². The molecule has 101 heavy (non-hydrogen) atoms. The first-order chi connectivity index (χ1) is 48.9. The molecule has 0 aliphatic rings. The van der Waals surface area contributed by atoms with Crippen LogP contribution in [0.4, 0.5) is 0 Å². The first kappa shape index (κ1) is 99.1. The van der Waals surface area contributed by atoms with Crippen molar-refractivity contribution in [3.8, 4) is 0 Å². The fourth-order valence-electron chi connectivity index (χ4n) is 12.6. The molecule has 0 aliphatic carbocycles. The number of hydrogen-bond acceptors (Lipinski definition) is 15. The van der Waals surface area contributed by atoms with Crippen LogP contribution < -0.4 is 0 Å². The van der Waals surface area contributed by atoms with Gasteiger partial charge in [0, 0.05) is 25.7 Å². The number of esters is 4. The van der Waals surface area contributed by atoms with Crippen LogP contribution in [0.1, 0.15) is 433 Å². The van der Waals surface area contributed by atoms with Gasteiger partial charge >= 0.3 is 39.5 Å². The van der Waals surface area contributed by atoms with Crippen molar-refractivity contribution in [1.82, 2.24) is 0 Å². The highest BCUT2D eigenvalue weighted by Gasteiger charge is 2.30. The smallest absolute Gasteiger partial charge is 0.462 e. The Kier molecular flexibility index (Phi) is 72.2. The van der Waals surface area contributed by atoms with E-state index in [1.165, 1.54) is 250 Å². The maximum Gasteiger partial charge on any atom is 0.472 e. The van der Waals surface area contributed by atoms with Crippen LogP contribution in [0.5, 0.6) is 0 Å². The molecule has 4 unspecified atom stereocenters. The monoisotopic (exact) mass is 1480 g/mol. The van der Waals surface area contributed by atoms with Gasteiger partial charge in [-0.2, -0.15) is 0 Å². The molecule has 7 atom stereocenters. The number of carbonyl (C=O) groups excluding carboxylic acids is 4. The molecule has 0 fully saturated rings. The highest BCUT2D eigenvalue weighted by Crippen LogP contribution is 2.45. The van der Waals surface area contributed by atoms with Crippen LogP contribution in [0.25, 0.3) is 0 Å². The van der Waals surface area contributed by atoms with Crippen LogP contribution in [-0.2, 0) is 65.4 Å². The van der Waals surface area contributed by atoms with Gasteiger partial charge in [0.15, 0.2) is 12.2 Å². The number of rotatable bonds is 81. The lowest BCUT2D eigenvalue weighted by Crippen LogP contribution is -2.30. The molecular formula is C82H160O17P2. The third kappa shape index (κ3) is 73.4. The van der Waals surface area contributed by atoms with E-state index >= 15 is 0 Å². The van der Waals surface area contributed by atoms with Crippen molar-refractivity contribution in [2.24, 2.45) is 11.8 Å². The number of ether oxygens (including phenoxy) is 4. The van der Waals surface area contributed by atoms with Crippen LogP contribution in [0.2, 0.25) is 0 Å². The van der Waals surface area contributed by atoms with E-state index in [0.717, 1.165) is 102 Å². The van der Waals surface area contributed by atoms with E-state index in [9.17, 15) is 43.2 Å². The fraction of sp³-hybridized carbons (Fsp3) is 0.951. The summed E-state index contributed by atoms with van der Waals surface area (Å²) < 4.78 is 68.7. The second kappa shape index (κ2) is 73.6. The summed E-state index contributed by atoms with van der Waals surface area (Å²) in [5.41, 5.74) is 0. The minimum Gasteiger partial charge on any atom is -0.462 e. The van der Waals surface area contributed by atoms with Crippen molar-refractivity contribution in [1.29, 1.82) is 0 Å². The van der Waals surface area contributed by atoms with Gasteiger partial charge in [0.05, 0.1) is 26.4 Å². The van der Waals surface area contributed by atoms with Crippen LogP contribution in [0.15, 0.2) is 0 Å². The Morgan fingerprint density at radius 3 is 0.703 bits per heavy atom. The molecule has 0 aromatic rings. The number of phosphoric ester groups is 2. The third-order valence-corrected chi connectivity index (χ3v) is 21.8. The first-order valence-corrected chi connectivity index (χ1v) is 45.6. The second-order valence-electron chi connectivity index (χ2n) is 30.0. The predicted octanol–water partition coefficient (Wildman–Crippen LogP) is 24.7. The number of phosphoric acid groups is 2. The topological polar surface area (TPSA) is 237 Å². The molecule has 600 valence electrons. The van der Waals surface area contributed by atoms with Crippen LogP contribution in [0.3, 0.4) is 0 Å². The Hall–Kier alpha value is -1.94. The Morgan fingerprint density at radius 2 is 0.475 bits per heavy atom. The molecule has 0 bridgehead atoms. The van der Waals surface area contributed by atoms with Gasteiger partial charge in [-0.05, 0) is 37.5 Å². The maximum atomic E-state index is 13.1. The second-order valence-corrected chi connectivity index (χ2v) is 32.9. The zero-order valence-corrected chi connectivity index (χ0v) is 68.0. The van der Waals surface area contributed by atoms with Gasteiger partial charge < -0.3 is 33.8 Å². The molecule has 0 amide bonds. The molecule has 0 aromatic carbocycles. The molecule has 0 heterocycles. The summed E-state index contributed by atoms with van der Waals surface area (Å²) in [4.78, 5) is 73.0. The lowest BCUT2D eigenvalue weighted by Gasteiger charge is -2.21. The van der Waals surface area contributed by atoms with E-state index in [-0.39, 0.29) is 25.7 Å². The Labute approximate surface area is 619 Å². The van der Waals surface area contributed by atoms with Crippen molar-refractivity contribution < 1.29 is 80.2 Å². The van der Waals surface area contributed by atoms with Crippen molar-refractivity contribution in [3.05, 3.63) is 0 Å².